The second-order valence-corrected chi connectivity index (χ2v) is 6.99. The number of aryl methyl sites for hydroxylation is 1. The number of nitrogens with one attached hydrogen (secondary N) is 1. The van der Waals surface area contributed by atoms with Gasteiger partial charge in [-0.1, -0.05) is 0 Å². The summed E-state index contributed by atoms with van der Waals surface area (Å²) in [5, 5.41) is 4.23. The highest BCUT2D eigenvalue weighted by Crippen LogP contribution is 2.18. The lowest BCUT2D eigenvalue weighted by atomic mass is 10.2. The van der Waals surface area contributed by atoms with Crippen LogP contribution in [0.2, 0.25) is 0 Å². The van der Waals surface area contributed by atoms with E-state index in [1.165, 1.54) is 5.69 Å². The molecule has 8 nitrogen and oxygen atoms in total. The van der Waals surface area contributed by atoms with Crippen molar-refractivity contribution >= 4 is 5.95 Å². The van der Waals surface area contributed by atoms with Crippen molar-refractivity contribution in [3.63, 3.8) is 0 Å². The molecule has 1 aliphatic heterocycles. The van der Waals surface area contributed by atoms with Gasteiger partial charge in [-0.2, -0.15) is 5.10 Å². The van der Waals surface area contributed by atoms with E-state index in [9.17, 15) is 4.79 Å². The van der Waals surface area contributed by atoms with Gasteiger partial charge < -0.3 is 4.90 Å². The van der Waals surface area contributed by atoms with E-state index in [0.717, 1.165) is 31.7 Å². The largest absolute Gasteiger partial charge is 0.348 e. The van der Waals surface area contributed by atoms with Crippen LogP contribution in [0.4, 0.5) is 5.95 Å². The Kier molecular flexibility index (Phi) is 5.19. The second kappa shape index (κ2) is 7.37. The summed E-state index contributed by atoms with van der Waals surface area (Å²) < 4.78 is 1.93. The molecule has 3 heterocycles. The number of rotatable bonds is 6. The summed E-state index contributed by atoms with van der Waals surface area (Å²) in [4.78, 5) is 25.7. The van der Waals surface area contributed by atoms with Gasteiger partial charge in [0, 0.05) is 65.6 Å². The minimum atomic E-state index is -0.105. The lowest BCUT2D eigenvalue weighted by Gasteiger charge is -2.24. The van der Waals surface area contributed by atoms with Gasteiger partial charge in [-0.05, 0) is 19.5 Å². The van der Waals surface area contributed by atoms with Crippen molar-refractivity contribution in [2.45, 2.75) is 25.6 Å². The predicted octanol–water partition coefficient (Wildman–Crippen LogP) is 0.276. The van der Waals surface area contributed by atoms with Crippen molar-refractivity contribution in [3.05, 3.63) is 40.1 Å². The van der Waals surface area contributed by atoms with Crippen LogP contribution >= 0.6 is 0 Å². The monoisotopic (exact) mass is 345 g/mol. The van der Waals surface area contributed by atoms with Gasteiger partial charge in [0.15, 0.2) is 0 Å². The minimum Gasteiger partial charge on any atom is -0.348 e. The summed E-state index contributed by atoms with van der Waals surface area (Å²) in [6.07, 6.45) is 2.97. The van der Waals surface area contributed by atoms with Crippen LogP contribution in [-0.4, -0.2) is 69.8 Å². The molecular weight excluding hydrogens is 318 g/mol. The molecule has 1 N–H and O–H groups in total. The first-order chi connectivity index (χ1) is 11.9. The number of hydrogen-bond acceptors (Lipinski definition) is 6. The fourth-order valence-electron chi connectivity index (χ4n) is 3.27. The summed E-state index contributed by atoms with van der Waals surface area (Å²) in [5.41, 5.74) is 1.93. The molecule has 25 heavy (non-hydrogen) atoms. The van der Waals surface area contributed by atoms with Gasteiger partial charge in [-0.3, -0.25) is 24.3 Å². The first-order valence-electron chi connectivity index (χ1n) is 8.59. The molecule has 1 saturated heterocycles. The van der Waals surface area contributed by atoms with E-state index in [1.807, 2.05) is 36.9 Å². The molecule has 0 spiro atoms. The molecule has 0 saturated carbocycles. The molecule has 2 aromatic rings. The molecule has 3 rings (SSSR count). The van der Waals surface area contributed by atoms with Crippen molar-refractivity contribution in [3.8, 4) is 0 Å². The van der Waals surface area contributed by atoms with Crippen molar-refractivity contribution in [1.29, 1.82) is 0 Å². The Morgan fingerprint density at radius 3 is 2.84 bits per heavy atom. The molecule has 136 valence electrons. The average molecular weight is 345 g/mol. The Labute approximate surface area is 148 Å². The molecule has 1 aliphatic rings. The standard InChI is InChI=1S/C17H27N7O/c1-21(2)17-19-13(9-16(25)20-17)10-22(3)14-6-8-24(11-14)12-15-5-7-18-23(15)4/h5,7,9,14H,6,8,10-12H2,1-4H3,(H,19,20,25)/t14-/m1/s1. The van der Waals surface area contributed by atoms with Crippen molar-refractivity contribution in [1.82, 2.24) is 29.5 Å². The zero-order chi connectivity index (χ0) is 18.0. The van der Waals surface area contributed by atoms with E-state index in [0.29, 0.717) is 18.5 Å². The first-order valence-corrected chi connectivity index (χ1v) is 8.59. The van der Waals surface area contributed by atoms with E-state index >= 15 is 0 Å². The number of aromatic nitrogens is 4. The quantitative estimate of drug-likeness (QED) is 0.810. The van der Waals surface area contributed by atoms with Crippen LogP contribution in [0.5, 0.6) is 0 Å². The summed E-state index contributed by atoms with van der Waals surface area (Å²) in [6, 6.07) is 4.13. The third kappa shape index (κ3) is 4.26. The summed E-state index contributed by atoms with van der Waals surface area (Å²) in [6.45, 7) is 3.70. The average Bonchev–Trinajstić information content (AvgIpc) is 3.17. The van der Waals surface area contributed by atoms with E-state index in [4.69, 9.17) is 0 Å². The highest BCUT2D eigenvalue weighted by atomic mass is 16.1. The maximum absolute atomic E-state index is 11.8. The molecule has 2 aromatic heterocycles. The normalized spacial score (nSPS) is 18.2. The van der Waals surface area contributed by atoms with Gasteiger partial charge in [-0.15, -0.1) is 0 Å². The number of H-pyrrole nitrogens is 1. The van der Waals surface area contributed by atoms with E-state index in [-0.39, 0.29) is 5.56 Å². The summed E-state index contributed by atoms with van der Waals surface area (Å²) in [7, 11) is 7.84. The Bertz CT molecular complexity index is 766. The third-order valence-corrected chi connectivity index (χ3v) is 4.80. The SMILES string of the molecule is CN(C)c1nc(CN(C)[C@@H]2CCN(Cc3ccnn3C)C2)cc(=O)[nH]1. The maximum atomic E-state index is 11.8. The number of likely N-dealkylation sites (N-methyl/N-ethyl adjacent to an activating group) is 1. The smallest absolute Gasteiger partial charge is 0.252 e. The minimum absolute atomic E-state index is 0.105. The molecule has 8 heteroatoms. The van der Waals surface area contributed by atoms with E-state index < -0.39 is 0 Å². The highest BCUT2D eigenvalue weighted by Gasteiger charge is 2.26. The molecule has 0 amide bonds. The number of anilines is 1. The van der Waals surface area contributed by atoms with Gasteiger partial charge in [-0.25, -0.2) is 4.98 Å². The number of aromatic amines is 1. The van der Waals surface area contributed by atoms with Crippen molar-refractivity contribution < 1.29 is 0 Å². The number of nitrogens with zero attached hydrogens (tertiary/aromatic N) is 6. The fourth-order valence-corrected chi connectivity index (χ4v) is 3.27. The Balaban J connectivity index is 1.60. The van der Waals surface area contributed by atoms with Crippen LogP contribution < -0.4 is 10.5 Å². The first kappa shape index (κ1) is 17.6. The predicted molar refractivity (Wildman–Crippen MR) is 97.5 cm³/mol. The number of hydrogen-bond donors (Lipinski definition) is 1. The topological polar surface area (TPSA) is 73.3 Å². The highest BCUT2D eigenvalue weighted by molar-refractivity contribution is 5.27. The van der Waals surface area contributed by atoms with Crippen LogP contribution in [0.15, 0.2) is 23.1 Å². The number of likely N-dealkylation sites (tertiary alicyclic amines) is 1. The van der Waals surface area contributed by atoms with Gasteiger partial charge in [0.25, 0.3) is 5.56 Å². The van der Waals surface area contributed by atoms with Gasteiger partial charge in [0.2, 0.25) is 5.95 Å². The van der Waals surface area contributed by atoms with Crippen LogP contribution in [-0.2, 0) is 20.1 Å². The molecule has 0 radical (unpaired) electrons. The Morgan fingerprint density at radius 1 is 1.36 bits per heavy atom. The molecule has 1 fully saturated rings. The van der Waals surface area contributed by atoms with Crippen molar-refractivity contribution in [2.75, 3.05) is 39.1 Å². The lowest BCUT2D eigenvalue weighted by molar-refractivity contribution is 0.219. The molecular formula is C17H27N7O. The molecule has 0 aliphatic carbocycles. The molecule has 0 aromatic carbocycles. The van der Waals surface area contributed by atoms with Gasteiger partial charge in [0.05, 0.1) is 11.4 Å². The maximum Gasteiger partial charge on any atom is 0.252 e. The summed E-state index contributed by atoms with van der Waals surface area (Å²) in [5.74, 6) is 0.597. The fraction of sp³-hybridized carbons (Fsp3) is 0.588. The lowest BCUT2D eigenvalue weighted by Crippen LogP contribution is -2.35. The Morgan fingerprint density at radius 2 is 2.16 bits per heavy atom. The zero-order valence-corrected chi connectivity index (χ0v) is 15.4. The van der Waals surface area contributed by atoms with E-state index in [1.54, 1.807) is 6.07 Å². The molecule has 1 atom stereocenters. The van der Waals surface area contributed by atoms with E-state index in [2.05, 4.69) is 38.0 Å². The molecule has 0 bridgehead atoms. The van der Waals surface area contributed by atoms with Crippen LogP contribution in [0, 0.1) is 0 Å². The van der Waals surface area contributed by atoms with Crippen LogP contribution in [0.25, 0.3) is 0 Å². The van der Waals surface area contributed by atoms with Gasteiger partial charge >= 0.3 is 0 Å². The van der Waals surface area contributed by atoms with Crippen molar-refractivity contribution in [2.24, 2.45) is 7.05 Å². The van der Waals surface area contributed by atoms with Gasteiger partial charge in [0.1, 0.15) is 0 Å². The second-order valence-electron chi connectivity index (χ2n) is 6.99. The van der Waals surface area contributed by atoms with Crippen LogP contribution in [0.1, 0.15) is 17.8 Å². The van der Waals surface area contributed by atoms with Crippen LogP contribution in [0.3, 0.4) is 0 Å². The zero-order valence-electron chi connectivity index (χ0n) is 15.4. The Hall–Kier alpha value is -2.19. The summed E-state index contributed by atoms with van der Waals surface area (Å²) >= 11 is 0. The third-order valence-electron chi connectivity index (χ3n) is 4.80. The molecule has 0 unspecified atom stereocenters.